The summed E-state index contributed by atoms with van der Waals surface area (Å²) in [6.45, 7) is 0. The molecule has 0 aliphatic rings. The van der Waals surface area contributed by atoms with Gasteiger partial charge in [-0.05, 0) is 109 Å². The second-order valence-corrected chi connectivity index (χ2v) is 14.9. The summed E-state index contributed by atoms with van der Waals surface area (Å²) >= 11 is 0. The van der Waals surface area contributed by atoms with Crippen LogP contribution in [0.2, 0.25) is 0 Å². The van der Waals surface area contributed by atoms with Crippen LogP contribution in [0.5, 0.6) is 0 Å². The fourth-order valence-corrected chi connectivity index (χ4v) is 9.42. The summed E-state index contributed by atoms with van der Waals surface area (Å²) in [6, 6.07) is 75.6. The summed E-state index contributed by atoms with van der Waals surface area (Å²) in [4.78, 5) is 0. The smallest absolute Gasteiger partial charge is 0.0548 e. The molecule has 0 bridgehead atoms. The molecule has 0 N–H and O–H groups in total. The van der Waals surface area contributed by atoms with Gasteiger partial charge < -0.3 is 9.13 Å². The Morgan fingerprint density at radius 1 is 0.214 bits per heavy atom. The van der Waals surface area contributed by atoms with Crippen LogP contribution in [-0.2, 0) is 0 Å². The van der Waals surface area contributed by atoms with Crippen LogP contribution in [0.1, 0.15) is 0 Å². The van der Waals surface area contributed by atoms with Crippen molar-refractivity contribution < 1.29 is 0 Å². The van der Waals surface area contributed by atoms with E-state index < -0.39 is 0 Å². The van der Waals surface area contributed by atoms with E-state index in [9.17, 15) is 0 Å². The van der Waals surface area contributed by atoms with E-state index in [0.29, 0.717) is 0 Å². The first-order valence-corrected chi connectivity index (χ1v) is 19.4. The van der Waals surface area contributed by atoms with E-state index in [0.717, 1.165) is 11.4 Å². The third kappa shape index (κ3) is 4.50. The minimum absolute atomic E-state index is 1.15. The van der Waals surface area contributed by atoms with Crippen LogP contribution in [-0.4, -0.2) is 9.13 Å². The van der Waals surface area contributed by atoms with Crippen molar-refractivity contribution in [2.24, 2.45) is 0 Å². The molecule has 12 aromatic rings. The molecule has 0 unspecified atom stereocenters. The second kappa shape index (κ2) is 12.0. The lowest BCUT2D eigenvalue weighted by Gasteiger charge is -2.13. The molecule has 0 aliphatic carbocycles. The Hall–Kier alpha value is -7.42. The normalized spacial score (nSPS) is 11.9. The summed E-state index contributed by atoms with van der Waals surface area (Å²) in [6.07, 6.45) is 0. The summed E-state index contributed by atoms with van der Waals surface area (Å²) in [7, 11) is 0. The van der Waals surface area contributed by atoms with Crippen LogP contribution in [0.15, 0.2) is 206 Å². The van der Waals surface area contributed by atoms with Crippen molar-refractivity contribution in [3.05, 3.63) is 206 Å². The van der Waals surface area contributed by atoms with Crippen LogP contribution in [0.25, 0.3) is 110 Å². The van der Waals surface area contributed by atoms with Gasteiger partial charge in [-0.2, -0.15) is 0 Å². The minimum Gasteiger partial charge on any atom is -0.309 e. The second-order valence-electron chi connectivity index (χ2n) is 14.9. The van der Waals surface area contributed by atoms with Crippen molar-refractivity contribution in [3.8, 4) is 33.6 Å². The van der Waals surface area contributed by atoms with Crippen molar-refractivity contribution in [1.29, 1.82) is 0 Å². The van der Waals surface area contributed by atoms with Crippen molar-refractivity contribution in [2.75, 3.05) is 0 Å². The first-order valence-electron chi connectivity index (χ1n) is 19.4. The Morgan fingerprint density at radius 3 is 1.25 bits per heavy atom. The van der Waals surface area contributed by atoms with Gasteiger partial charge in [0.25, 0.3) is 0 Å². The Morgan fingerprint density at radius 2 is 0.643 bits per heavy atom. The molecule has 2 heteroatoms. The highest BCUT2D eigenvalue weighted by Gasteiger charge is 2.21. The SMILES string of the molecule is c1ccc(-c2ccc(-n3c4ccccc4c4c5c6ccccc6n(-c6cccc(-c7ccc8c9ccccc9c9ccccc9c8c7)c6)c5ccc43)cc2)cc1. The molecule has 2 heterocycles. The topological polar surface area (TPSA) is 9.86 Å². The van der Waals surface area contributed by atoms with E-state index in [1.807, 2.05) is 0 Å². The zero-order valence-electron chi connectivity index (χ0n) is 30.5. The molecule has 2 aromatic heterocycles. The van der Waals surface area contributed by atoms with Gasteiger partial charge in [-0.25, -0.2) is 0 Å². The number of fused-ring (bicyclic) bond motifs is 13. The van der Waals surface area contributed by atoms with Crippen molar-refractivity contribution in [2.45, 2.75) is 0 Å². The molecule has 0 fully saturated rings. The molecular weight excluding hydrogens is 677 g/mol. The molecule has 0 spiro atoms. The highest BCUT2D eigenvalue weighted by atomic mass is 15.0. The molecule has 56 heavy (non-hydrogen) atoms. The Balaban J connectivity index is 1.06. The quantitative estimate of drug-likeness (QED) is 0.161. The maximum absolute atomic E-state index is 2.46. The maximum atomic E-state index is 2.46. The molecule has 0 saturated heterocycles. The van der Waals surface area contributed by atoms with Gasteiger partial charge in [0.15, 0.2) is 0 Å². The maximum Gasteiger partial charge on any atom is 0.0548 e. The molecular formula is C54H34N2. The number of aromatic nitrogens is 2. The Labute approximate surface area is 323 Å². The monoisotopic (exact) mass is 710 g/mol. The summed E-state index contributed by atoms with van der Waals surface area (Å²) in [5.74, 6) is 0. The molecule has 0 amide bonds. The van der Waals surface area contributed by atoms with E-state index in [2.05, 4.69) is 215 Å². The van der Waals surface area contributed by atoms with Gasteiger partial charge in [0.1, 0.15) is 0 Å². The summed E-state index contributed by atoms with van der Waals surface area (Å²) in [5.41, 5.74) is 12.0. The number of hydrogen-bond donors (Lipinski definition) is 0. The fourth-order valence-electron chi connectivity index (χ4n) is 9.42. The van der Waals surface area contributed by atoms with E-state index in [1.54, 1.807) is 0 Å². The molecule has 2 nitrogen and oxygen atoms in total. The zero-order chi connectivity index (χ0) is 36.7. The summed E-state index contributed by atoms with van der Waals surface area (Å²) in [5, 5.41) is 12.8. The predicted octanol–water partition coefficient (Wildman–Crippen LogP) is 14.7. The van der Waals surface area contributed by atoms with E-state index in [4.69, 9.17) is 0 Å². The third-order valence-corrected chi connectivity index (χ3v) is 11.9. The van der Waals surface area contributed by atoms with Crippen molar-refractivity contribution in [3.63, 3.8) is 0 Å². The van der Waals surface area contributed by atoms with Gasteiger partial charge in [0.2, 0.25) is 0 Å². The molecule has 0 radical (unpaired) electrons. The molecule has 0 aliphatic heterocycles. The number of nitrogens with zero attached hydrogens (tertiary/aromatic N) is 2. The minimum atomic E-state index is 1.15. The highest BCUT2D eigenvalue weighted by molar-refractivity contribution is 6.29. The van der Waals surface area contributed by atoms with Gasteiger partial charge in [-0.15, -0.1) is 0 Å². The Bertz CT molecular complexity index is 3480. The highest BCUT2D eigenvalue weighted by Crippen LogP contribution is 2.43. The van der Waals surface area contributed by atoms with Gasteiger partial charge in [-0.1, -0.05) is 152 Å². The average molecular weight is 711 g/mol. The number of benzene rings is 10. The molecule has 10 aromatic carbocycles. The standard InChI is InChI=1S/C54H34N2/c1-2-13-35(14-3-1)36-25-28-39(29-26-36)55-49-23-10-8-21-46(49)53-51(55)31-32-52-54(53)47-22-9-11-24-50(47)56(52)40-16-12-15-37(33-40)38-27-30-45-43-19-5-4-17-41(43)42-18-6-7-20-44(42)48(45)34-38/h1-34H. The van der Waals surface area contributed by atoms with E-state index in [-0.39, 0.29) is 0 Å². The van der Waals surface area contributed by atoms with Crippen molar-refractivity contribution in [1.82, 2.24) is 9.13 Å². The van der Waals surface area contributed by atoms with Crippen molar-refractivity contribution >= 4 is 75.9 Å². The van der Waals surface area contributed by atoms with Gasteiger partial charge in [-0.3, -0.25) is 0 Å². The van der Waals surface area contributed by atoms with Gasteiger partial charge in [0, 0.05) is 32.9 Å². The predicted molar refractivity (Wildman–Crippen MR) is 239 cm³/mol. The van der Waals surface area contributed by atoms with Gasteiger partial charge in [0.05, 0.1) is 22.1 Å². The van der Waals surface area contributed by atoms with Crippen LogP contribution in [0.4, 0.5) is 0 Å². The lowest BCUT2D eigenvalue weighted by atomic mass is 9.92. The molecule has 12 rings (SSSR count). The first-order chi connectivity index (χ1) is 27.8. The Kier molecular flexibility index (Phi) is 6.66. The van der Waals surface area contributed by atoms with E-state index in [1.165, 1.54) is 98.2 Å². The first kappa shape index (κ1) is 31.0. The lowest BCUT2D eigenvalue weighted by Crippen LogP contribution is -1.95. The summed E-state index contributed by atoms with van der Waals surface area (Å²) < 4.78 is 4.89. The molecule has 260 valence electrons. The van der Waals surface area contributed by atoms with Crippen LogP contribution in [0, 0.1) is 0 Å². The van der Waals surface area contributed by atoms with Crippen LogP contribution >= 0.6 is 0 Å². The molecule has 0 atom stereocenters. The number of hydrogen-bond acceptors (Lipinski definition) is 0. The largest absolute Gasteiger partial charge is 0.309 e. The number of para-hydroxylation sites is 2. The zero-order valence-corrected chi connectivity index (χ0v) is 30.5. The van der Waals surface area contributed by atoms with E-state index >= 15 is 0 Å². The lowest BCUT2D eigenvalue weighted by molar-refractivity contribution is 1.17. The van der Waals surface area contributed by atoms with Gasteiger partial charge >= 0.3 is 0 Å². The third-order valence-electron chi connectivity index (χ3n) is 11.9. The number of rotatable bonds is 4. The van der Waals surface area contributed by atoms with Crippen LogP contribution < -0.4 is 0 Å². The molecule has 0 saturated carbocycles. The fraction of sp³-hybridized carbons (Fsp3) is 0. The van der Waals surface area contributed by atoms with Crippen LogP contribution in [0.3, 0.4) is 0 Å². The average Bonchev–Trinajstić information content (AvgIpc) is 3.80.